The third-order valence-corrected chi connectivity index (χ3v) is 3.82. The maximum atomic E-state index is 11.5. The molecule has 130 valence electrons. The summed E-state index contributed by atoms with van der Waals surface area (Å²) < 4.78 is 21.3. The molecule has 0 atom stereocenters. The molecule has 7 nitrogen and oxygen atoms in total. The van der Waals surface area contributed by atoms with Crippen LogP contribution in [0.25, 0.3) is 21.9 Å². The van der Waals surface area contributed by atoms with Crippen molar-refractivity contribution in [2.45, 2.75) is 0 Å². The van der Waals surface area contributed by atoms with Gasteiger partial charge in [-0.15, -0.1) is 0 Å². The van der Waals surface area contributed by atoms with Crippen LogP contribution < -0.4 is 20.7 Å². The van der Waals surface area contributed by atoms with Crippen LogP contribution in [0.5, 0.6) is 23.0 Å². The zero-order valence-electron chi connectivity index (χ0n) is 13.5. The highest BCUT2D eigenvalue weighted by atomic mass is 16.5. The summed E-state index contributed by atoms with van der Waals surface area (Å²) in [5.41, 5.74) is -0.692. The molecule has 2 aromatic heterocycles. The Balaban J connectivity index is 1.82. The second-order valence-electron chi connectivity index (χ2n) is 5.52. The molecule has 0 aliphatic heterocycles. The first-order valence-electron chi connectivity index (χ1n) is 7.60. The molecule has 0 amide bonds. The van der Waals surface area contributed by atoms with Gasteiger partial charge in [-0.05, 0) is 30.3 Å². The van der Waals surface area contributed by atoms with Gasteiger partial charge in [0, 0.05) is 29.0 Å². The Bertz CT molecular complexity index is 1250. The van der Waals surface area contributed by atoms with Gasteiger partial charge in [0.05, 0.1) is 7.11 Å². The fourth-order valence-electron chi connectivity index (χ4n) is 2.59. The highest BCUT2D eigenvalue weighted by Crippen LogP contribution is 2.36. The first-order chi connectivity index (χ1) is 12.5. The van der Waals surface area contributed by atoms with Gasteiger partial charge in [0.15, 0.2) is 11.5 Å². The predicted molar refractivity (Wildman–Crippen MR) is 93.3 cm³/mol. The molecule has 0 bridgehead atoms. The van der Waals surface area contributed by atoms with Gasteiger partial charge in [0.1, 0.15) is 16.9 Å². The summed E-state index contributed by atoms with van der Waals surface area (Å²) in [7, 11) is 1.46. The van der Waals surface area contributed by atoms with Crippen molar-refractivity contribution in [1.29, 1.82) is 0 Å². The van der Waals surface area contributed by atoms with Crippen LogP contribution in [0.3, 0.4) is 0 Å². The summed E-state index contributed by atoms with van der Waals surface area (Å²) >= 11 is 0. The second-order valence-corrected chi connectivity index (χ2v) is 5.52. The van der Waals surface area contributed by atoms with Crippen molar-refractivity contribution in [3.8, 4) is 23.0 Å². The summed E-state index contributed by atoms with van der Waals surface area (Å²) in [6.07, 6.45) is 0. The summed E-state index contributed by atoms with van der Waals surface area (Å²) in [4.78, 5) is 22.9. The normalized spacial score (nSPS) is 11.0. The molecular formula is C19H12O7. The highest BCUT2D eigenvalue weighted by molar-refractivity contribution is 5.82. The molecule has 7 heteroatoms. The van der Waals surface area contributed by atoms with Crippen molar-refractivity contribution in [2.24, 2.45) is 0 Å². The topological polar surface area (TPSA) is 99.1 Å². The standard InChI is InChI=1S/C19H12O7/c1-23-16-7-11-6-13(20)19(22)26-15(11)9-17(16)24-12-4-2-10-3-5-18(21)25-14(10)8-12/h2-9,20H,1H3. The third-order valence-electron chi connectivity index (χ3n) is 3.82. The van der Waals surface area contributed by atoms with E-state index < -0.39 is 17.0 Å². The van der Waals surface area contributed by atoms with Crippen molar-refractivity contribution in [2.75, 3.05) is 7.11 Å². The van der Waals surface area contributed by atoms with E-state index in [1.807, 2.05) is 0 Å². The number of methoxy groups -OCH3 is 1. The Morgan fingerprint density at radius 3 is 2.42 bits per heavy atom. The first kappa shape index (κ1) is 15.8. The monoisotopic (exact) mass is 352 g/mol. The van der Waals surface area contributed by atoms with E-state index in [0.29, 0.717) is 28.2 Å². The molecule has 0 fully saturated rings. The van der Waals surface area contributed by atoms with Gasteiger partial charge in [0.25, 0.3) is 0 Å². The molecule has 0 saturated heterocycles. The first-order valence-corrected chi connectivity index (χ1v) is 7.60. The van der Waals surface area contributed by atoms with E-state index in [-0.39, 0.29) is 5.58 Å². The van der Waals surface area contributed by atoms with E-state index in [2.05, 4.69) is 0 Å². The minimum Gasteiger partial charge on any atom is -0.502 e. The Morgan fingerprint density at radius 2 is 1.62 bits per heavy atom. The van der Waals surface area contributed by atoms with Gasteiger partial charge in [-0.2, -0.15) is 0 Å². The molecule has 0 unspecified atom stereocenters. The van der Waals surface area contributed by atoms with Gasteiger partial charge in [-0.25, -0.2) is 9.59 Å². The van der Waals surface area contributed by atoms with E-state index in [0.717, 1.165) is 5.39 Å². The zero-order valence-corrected chi connectivity index (χ0v) is 13.5. The summed E-state index contributed by atoms with van der Waals surface area (Å²) in [6, 6.07) is 12.4. The van der Waals surface area contributed by atoms with Gasteiger partial charge in [-0.1, -0.05) is 0 Å². The van der Waals surface area contributed by atoms with Crippen molar-refractivity contribution >= 4 is 21.9 Å². The van der Waals surface area contributed by atoms with Crippen LogP contribution >= 0.6 is 0 Å². The Kier molecular flexibility index (Phi) is 3.62. The van der Waals surface area contributed by atoms with E-state index in [4.69, 9.17) is 18.3 Å². The average molecular weight is 352 g/mol. The molecule has 0 saturated carbocycles. The zero-order chi connectivity index (χ0) is 18.3. The molecule has 1 N–H and O–H groups in total. The number of benzene rings is 2. The SMILES string of the molecule is COc1cc2cc(O)c(=O)oc2cc1Oc1ccc2ccc(=O)oc2c1. The summed E-state index contributed by atoms with van der Waals surface area (Å²) in [5, 5.41) is 10.7. The minimum absolute atomic E-state index is 0.232. The molecule has 2 heterocycles. The molecule has 4 rings (SSSR count). The molecule has 0 spiro atoms. The molecule has 0 radical (unpaired) electrons. The maximum Gasteiger partial charge on any atom is 0.378 e. The van der Waals surface area contributed by atoms with Crippen LogP contribution in [0.4, 0.5) is 0 Å². The van der Waals surface area contributed by atoms with Crippen molar-refractivity contribution in [1.82, 2.24) is 0 Å². The van der Waals surface area contributed by atoms with E-state index in [1.54, 1.807) is 30.3 Å². The smallest absolute Gasteiger partial charge is 0.378 e. The van der Waals surface area contributed by atoms with Crippen molar-refractivity contribution < 1.29 is 23.4 Å². The van der Waals surface area contributed by atoms with Crippen LogP contribution in [-0.4, -0.2) is 12.2 Å². The Morgan fingerprint density at radius 1 is 0.846 bits per heavy atom. The second kappa shape index (κ2) is 5.96. The quantitative estimate of drug-likeness (QED) is 0.564. The highest BCUT2D eigenvalue weighted by Gasteiger charge is 2.12. The molecule has 0 aliphatic carbocycles. The Hall–Kier alpha value is -3.74. The van der Waals surface area contributed by atoms with Gasteiger partial charge in [0.2, 0.25) is 5.75 Å². The van der Waals surface area contributed by atoms with Crippen molar-refractivity contribution in [3.05, 3.63) is 69.4 Å². The molecule has 2 aromatic carbocycles. The van der Waals surface area contributed by atoms with Gasteiger partial charge < -0.3 is 23.4 Å². The summed E-state index contributed by atoms with van der Waals surface area (Å²) in [5.74, 6) is 0.593. The lowest BCUT2D eigenvalue weighted by molar-refractivity contribution is 0.378. The number of rotatable bonds is 3. The molecule has 0 aliphatic rings. The van der Waals surface area contributed by atoms with E-state index >= 15 is 0 Å². The van der Waals surface area contributed by atoms with Gasteiger partial charge in [-0.3, -0.25) is 0 Å². The number of ether oxygens (including phenoxy) is 2. The third kappa shape index (κ3) is 2.75. The van der Waals surface area contributed by atoms with Crippen molar-refractivity contribution in [3.63, 3.8) is 0 Å². The summed E-state index contributed by atoms with van der Waals surface area (Å²) in [6.45, 7) is 0. The molecular weight excluding hydrogens is 340 g/mol. The molecule has 4 aromatic rings. The number of hydrogen-bond donors (Lipinski definition) is 1. The van der Waals surface area contributed by atoms with Crippen LogP contribution in [0.2, 0.25) is 0 Å². The lowest BCUT2D eigenvalue weighted by Gasteiger charge is -2.11. The van der Waals surface area contributed by atoms with Crippen LogP contribution in [-0.2, 0) is 0 Å². The van der Waals surface area contributed by atoms with E-state index in [1.165, 1.54) is 25.3 Å². The number of hydrogen-bond acceptors (Lipinski definition) is 7. The van der Waals surface area contributed by atoms with Gasteiger partial charge >= 0.3 is 11.3 Å². The van der Waals surface area contributed by atoms with Crippen LogP contribution in [0.15, 0.2) is 67.0 Å². The fraction of sp³-hybridized carbons (Fsp3) is 0.0526. The lowest BCUT2D eigenvalue weighted by Crippen LogP contribution is -1.98. The maximum absolute atomic E-state index is 11.5. The fourth-order valence-corrected chi connectivity index (χ4v) is 2.59. The average Bonchev–Trinajstić information content (AvgIpc) is 2.62. The lowest BCUT2D eigenvalue weighted by atomic mass is 10.2. The number of fused-ring (bicyclic) bond motifs is 2. The van der Waals surface area contributed by atoms with E-state index in [9.17, 15) is 14.7 Å². The largest absolute Gasteiger partial charge is 0.502 e. The van der Waals surface area contributed by atoms with Crippen LogP contribution in [0, 0.1) is 0 Å². The van der Waals surface area contributed by atoms with Crippen LogP contribution in [0.1, 0.15) is 0 Å². The Labute approximate surface area is 145 Å². The number of aromatic hydroxyl groups is 1. The molecule has 26 heavy (non-hydrogen) atoms. The predicted octanol–water partition coefficient (Wildman–Crippen LogP) is 3.41. The minimum atomic E-state index is -0.846.